The average molecular weight is 433 g/mol. The summed E-state index contributed by atoms with van der Waals surface area (Å²) in [5.41, 5.74) is 1.96. The number of thiocarbonyl (C=S) groups is 1. The van der Waals surface area contributed by atoms with Gasteiger partial charge in [-0.2, -0.15) is 0 Å². The first-order chi connectivity index (χ1) is 14.0. The predicted octanol–water partition coefficient (Wildman–Crippen LogP) is 5.28. The van der Waals surface area contributed by atoms with E-state index in [2.05, 4.69) is 22.8 Å². The highest BCUT2D eigenvalue weighted by Gasteiger charge is 2.36. The lowest BCUT2D eigenvalue weighted by atomic mass is 9.88. The summed E-state index contributed by atoms with van der Waals surface area (Å²) in [6.45, 7) is 2.05. The number of hydrogen-bond donors (Lipinski definition) is 2. The van der Waals surface area contributed by atoms with Gasteiger partial charge in [-0.25, -0.2) is 4.79 Å². The Morgan fingerprint density at radius 3 is 2.48 bits per heavy atom. The molecule has 1 saturated carbocycles. The summed E-state index contributed by atoms with van der Waals surface area (Å²) >= 11 is 11.7. The first kappa shape index (κ1) is 21.4. The van der Waals surface area contributed by atoms with Crippen LogP contribution >= 0.6 is 23.8 Å². The lowest BCUT2D eigenvalue weighted by Gasteiger charge is -2.32. The fourth-order valence-electron chi connectivity index (χ4n) is 3.72. The minimum atomic E-state index is -0.453. The molecule has 7 heteroatoms. The third kappa shape index (κ3) is 5.00. The maximum absolute atomic E-state index is 12.1. The maximum Gasteiger partial charge on any atom is 0.339 e. The van der Waals surface area contributed by atoms with Gasteiger partial charge in [0.25, 0.3) is 0 Å². The van der Waals surface area contributed by atoms with Crippen LogP contribution in [0.4, 0.5) is 5.69 Å². The van der Waals surface area contributed by atoms with Crippen LogP contribution in [0.25, 0.3) is 0 Å². The Kier molecular flexibility index (Phi) is 6.98. The molecule has 1 aliphatic carbocycles. The lowest BCUT2D eigenvalue weighted by molar-refractivity contribution is 0.0526. The van der Waals surface area contributed by atoms with Gasteiger partial charge in [-0.1, -0.05) is 36.6 Å². The molecule has 0 heterocycles. The zero-order valence-corrected chi connectivity index (χ0v) is 18.2. The molecule has 5 nitrogen and oxygen atoms in total. The number of methoxy groups -OCH3 is 1. The third-order valence-electron chi connectivity index (χ3n) is 5.17. The van der Waals surface area contributed by atoms with Crippen molar-refractivity contribution in [1.29, 1.82) is 0 Å². The molecule has 0 radical (unpaired) electrons. The van der Waals surface area contributed by atoms with Crippen LogP contribution in [0, 0.1) is 0 Å². The van der Waals surface area contributed by atoms with E-state index in [1.54, 1.807) is 32.2 Å². The molecule has 2 aromatic rings. The van der Waals surface area contributed by atoms with Crippen molar-refractivity contribution in [2.75, 3.05) is 19.0 Å². The Morgan fingerprint density at radius 1 is 1.17 bits per heavy atom. The van der Waals surface area contributed by atoms with Crippen LogP contribution in [0.5, 0.6) is 5.75 Å². The fraction of sp³-hybridized carbons (Fsp3) is 0.364. The monoisotopic (exact) mass is 432 g/mol. The summed E-state index contributed by atoms with van der Waals surface area (Å²) in [4.78, 5) is 12.1. The predicted molar refractivity (Wildman–Crippen MR) is 120 cm³/mol. The van der Waals surface area contributed by atoms with Crippen LogP contribution in [0.3, 0.4) is 0 Å². The van der Waals surface area contributed by atoms with Gasteiger partial charge in [0, 0.05) is 5.69 Å². The maximum atomic E-state index is 12.1. The van der Waals surface area contributed by atoms with Crippen molar-refractivity contribution in [2.45, 2.75) is 38.1 Å². The number of hydrogen-bond acceptors (Lipinski definition) is 4. The third-order valence-corrected chi connectivity index (χ3v) is 5.71. The van der Waals surface area contributed by atoms with Gasteiger partial charge in [-0.15, -0.1) is 0 Å². The molecule has 0 unspecified atom stereocenters. The number of carbonyl (C=O) groups is 1. The van der Waals surface area contributed by atoms with Crippen LogP contribution in [0.2, 0.25) is 5.02 Å². The van der Waals surface area contributed by atoms with Gasteiger partial charge in [0.2, 0.25) is 0 Å². The molecular weight excluding hydrogens is 408 g/mol. The van der Waals surface area contributed by atoms with E-state index in [9.17, 15) is 4.79 Å². The smallest absolute Gasteiger partial charge is 0.339 e. The van der Waals surface area contributed by atoms with Crippen molar-refractivity contribution >= 4 is 40.6 Å². The number of esters is 1. The molecule has 2 aromatic carbocycles. The molecule has 1 aliphatic rings. The van der Waals surface area contributed by atoms with E-state index >= 15 is 0 Å². The number of ether oxygens (including phenoxy) is 2. The average Bonchev–Trinajstić information content (AvgIpc) is 3.19. The normalized spacial score (nSPS) is 14.9. The molecule has 3 rings (SSSR count). The number of carbonyl (C=O) groups excluding carboxylic acids is 1. The largest absolute Gasteiger partial charge is 0.497 e. The molecule has 0 spiro atoms. The Balaban J connectivity index is 1.76. The molecule has 1 fully saturated rings. The highest BCUT2D eigenvalue weighted by atomic mass is 35.5. The Labute approximate surface area is 181 Å². The quantitative estimate of drug-likeness (QED) is 0.478. The van der Waals surface area contributed by atoms with Crippen LogP contribution in [0.15, 0.2) is 42.5 Å². The second-order valence-electron chi connectivity index (χ2n) is 7.01. The molecule has 0 saturated heterocycles. The molecule has 2 N–H and O–H groups in total. The standard InChI is InChI=1S/C22H25ClN2O3S/c1-3-28-20(26)18-14-16(8-11-19(18)23)24-21(29)25-22(12-4-5-13-22)15-6-9-17(27-2)10-7-15/h6-11,14H,3-5,12-13H2,1-2H3,(H2,24,25,29). The van der Waals surface area contributed by atoms with Crippen molar-refractivity contribution in [3.05, 3.63) is 58.6 Å². The highest BCUT2D eigenvalue weighted by molar-refractivity contribution is 7.80. The van der Waals surface area contributed by atoms with Gasteiger partial charge < -0.3 is 20.1 Å². The van der Waals surface area contributed by atoms with Gasteiger partial charge in [-0.05, 0) is 67.9 Å². The number of rotatable bonds is 6. The second-order valence-corrected chi connectivity index (χ2v) is 7.83. The second kappa shape index (κ2) is 9.46. The van der Waals surface area contributed by atoms with Gasteiger partial charge in [0.1, 0.15) is 5.75 Å². The Bertz CT molecular complexity index is 880. The lowest BCUT2D eigenvalue weighted by Crippen LogP contribution is -2.45. The Morgan fingerprint density at radius 2 is 1.86 bits per heavy atom. The van der Waals surface area contributed by atoms with Crippen molar-refractivity contribution in [2.24, 2.45) is 0 Å². The van der Waals surface area contributed by atoms with E-state index < -0.39 is 5.97 Å². The number of halogens is 1. The van der Waals surface area contributed by atoms with Crippen LogP contribution < -0.4 is 15.4 Å². The minimum Gasteiger partial charge on any atom is -0.497 e. The topological polar surface area (TPSA) is 59.6 Å². The summed E-state index contributed by atoms with van der Waals surface area (Å²) in [6.07, 6.45) is 4.26. The fourth-order valence-corrected chi connectivity index (χ4v) is 4.23. The van der Waals surface area contributed by atoms with Crippen LogP contribution in [0.1, 0.15) is 48.5 Å². The van der Waals surface area contributed by atoms with E-state index in [-0.39, 0.29) is 12.1 Å². The summed E-state index contributed by atoms with van der Waals surface area (Å²) in [5.74, 6) is 0.376. The molecule has 0 bridgehead atoms. The molecule has 0 aliphatic heterocycles. The summed E-state index contributed by atoms with van der Waals surface area (Å²) in [6, 6.07) is 13.2. The van der Waals surface area contributed by atoms with Crippen molar-refractivity contribution in [3.63, 3.8) is 0 Å². The molecule has 29 heavy (non-hydrogen) atoms. The number of nitrogens with one attached hydrogen (secondary N) is 2. The van der Waals surface area contributed by atoms with E-state index in [0.29, 0.717) is 21.4 Å². The molecule has 154 valence electrons. The first-order valence-corrected chi connectivity index (χ1v) is 10.5. The van der Waals surface area contributed by atoms with Crippen LogP contribution in [-0.2, 0) is 10.3 Å². The summed E-state index contributed by atoms with van der Waals surface area (Å²) in [7, 11) is 1.66. The van der Waals surface area contributed by atoms with Crippen molar-refractivity contribution in [3.8, 4) is 5.75 Å². The molecule has 0 atom stereocenters. The summed E-state index contributed by atoms with van der Waals surface area (Å²) < 4.78 is 10.3. The zero-order valence-electron chi connectivity index (χ0n) is 16.6. The zero-order chi connectivity index (χ0) is 20.9. The molecule has 0 amide bonds. The molecule has 0 aromatic heterocycles. The van der Waals surface area contributed by atoms with Gasteiger partial charge in [0.15, 0.2) is 5.11 Å². The first-order valence-electron chi connectivity index (χ1n) is 9.68. The van der Waals surface area contributed by atoms with Gasteiger partial charge in [0.05, 0.1) is 29.8 Å². The highest BCUT2D eigenvalue weighted by Crippen LogP contribution is 2.39. The van der Waals surface area contributed by atoms with E-state index in [0.717, 1.165) is 31.4 Å². The minimum absolute atomic E-state index is 0.216. The SMILES string of the molecule is CCOC(=O)c1cc(NC(=S)NC2(c3ccc(OC)cc3)CCCC2)ccc1Cl. The number of anilines is 1. The Hall–Kier alpha value is -2.31. The van der Waals surface area contributed by atoms with Crippen LogP contribution in [-0.4, -0.2) is 24.8 Å². The molecular formula is C22H25ClN2O3S. The van der Waals surface area contributed by atoms with Gasteiger partial charge in [-0.3, -0.25) is 0 Å². The van der Waals surface area contributed by atoms with Gasteiger partial charge >= 0.3 is 5.97 Å². The van der Waals surface area contributed by atoms with E-state index in [1.807, 2.05) is 12.1 Å². The van der Waals surface area contributed by atoms with Crippen molar-refractivity contribution in [1.82, 2.24) is 5.32 Å². The van der Waals surface area contributed by atoms with E-state index in [1.165, 1.54) is 5.56 Å². The van der Waals surface area contributed by atoms with Crippen molar-refractivity contribution < 1.29 is 14.3 Å². The number of benzene rings is 2. The summed E-state index contributed by atoms with van der Waals surface area (Å²) in [5, 5.41) is 7.54. The van der Waals surface area contributed by atoms with E-state index in [4.69, 9.17) is 33.3 Å².